The van der Waals surface area contributed by atoms with E-state index in [0.29, 0.717) is 23.9 Å². The Morgan fingerprint density at radius 2 is 1.22 bits per heavy atom. The molecule has 9 aromatic rings. The summed E-state index contributed by atoms with van der Waals surface area (Å²) >= 11 is 1.69. The van der Waals surface area contributed by atoms with Gasteiger partial charge >= 0.3 is 0 Å². The Kier molecular flexibility index (Phi) is 10.2. The predicted octanol–water partition coefficient (Wildman–Crippen LogP) is 9.95. The third-order valence-corrected chi connectivity index (χ3v) is 11.5. The topological polar surface area (TPSA) is 92.8 Å². The van der Waals surface area contributed by atoms with E-state index < -0.39 is 5.54 Å². The summed E-state index contributed by atoms with van der Waals surface area (Å²) in [4.78, 5) is 9.68. The zero-order valence-corrected chi connectivity index (χ0v) is 32.8. The first-order valence-electron chi connectivity index (χ1n) is 19.0. The number of thioether (sulfide) groups is 1. The van der Waals surface area contributed by atoms with Crippen molar-refractivity contribution < 1.29 is 9.47 Å². The van der Waals surface area contributed by atoms with Gasteiger partial charge in [-0.05, 0) is 55.9 Å². The molecule has 0 aliphatic rings. The molecule has 0 atom stereocenters. The number of ether oxygens (including phenoxy) is 2. The van der Waals surface area contributed by atoms with E-state index in [1.54, 1.807) is 38.2 Å². The Hall–Kier alpha value is -7.04. The molecule has 0 amide bonds. The van der Waals surface area contributed by atoms with Gasteiger partial charge in [-0.3, -0.25) is 4.98 Å². The second-order valence-electron chi connectivity index (χ2n) is 13.7. The number of hydrogen-bond donors (Lipinski definition) is 0. The summed E-state index contributed by atoms with van der Waals surface area (Å²) in [6.07, 6.45) is 1.74. The highest BCUT2D eigenvalue weighted by atomic mass is 32.2. The first-order chi connectivity index (χ1) is 28.7. The molecular formula is C48H39N7O2S. The molecule has 6 aromatic carbocycles. The van der Waals surface area contributed by atoms with Crippen LogP contribution < -0.4 is 9.47 Å². The van der Waals surface area contributed by atoms with Gasteiger partial charge in [-0.25, -0.2) is 9.67 Å². The fraction of sp³-hybridized carbons (Fsp3) is 0.104. The third-order valence-electron chi connectivity index (χ3n) is 10.5. The lowest BCUT2D eigenvalue weighted by Crippen LogP contribution is -2.39. The number of para-hydroxylation sites is 2. The molecule has 0 N–H and O–H groups in total. The van der Waals surface area contributed by atoms with Gasteiger partial charge in [0.1, 0.15) is 11.2 Å². The van der Waals surface area contributed by atoms with E-state index in [4.69, 9.17) is 24.8 Å². The van der Waals surface area contributed by atoms with E-state index in [0.717, 1.165) is 61.0 Å². The van der Waals surface area contributed by atoms with Crippen molar-refractivity contribution in [2.24, 2.45) is 0 Å². The van der Waals surface area contributed by atoms with Gasteiger partial charge in [0.15, 0.2) is 22.5 Å². The van der Waals surface area contributed by atoms with Crippen molar-refractivity contribution in [3.8, 4) is 34.0 Å². The zero-order valence-electron chi connectivity index (χ0n) is 32.0. The van der Waals surface area contributed by atoms with Crippen LogP contribution in [0.4, 0.5) is 0 Å². The van der Waals surface area contributed by atoms with Gasteiger partial charge in [-0.1, -0.05) is 163 Å². The number of benzene rings is 6. The summed E-state index contributed by atoms with van der Waals surface area (Å²) in [5.74, 6) is 2.65. The normalized spacial score (nSPS) is 11.5. The van der Waals surface area contributed by atoms with Crippen LogP contribution in [0.2, 0.25) is 0 Å². The predicted molar refractivity (Wildman–Crippen MR) is 229 cm³/mol. The molecule has 0 unspecified atom stereocenters. The highest BCUT2D eigenvalue weighted by Crippen LogP contribution is 2.43. The lowest BCUT2D eigenvalue weighted by Gasteiger charge is -2.36. The Morgan fingerprint density at radius 3 is 1.86 bits per heavy atom. The van der Waals surface area contributed by atoms with Crippen LogP contribution in [0.1, 0.15) is 27.9 Å². The van der Waals surface area contributed by atoms with E-state index in [-0.39, 0.29) is 0 Å². The maximum Gasteiger partial charge on any atom is 0.184 e. The maximum absolute atomic E-state index is 5.72. The van der Waals surface area contributed by atoms with E-state index in [1.165, 1.54) is 5.56 Å². The van der Waals surface area contributed by atoms with Gasteiger partial charge in [0.25, 0.3) is 0 Å². The molecule has 3 aromatic heterocycles. The molecule has 9 nitrogen and oxygen atoms in total. The van der Waals surface area contributed by atoms with Gasteiger partial charge in [0, 0.05) is 23.6 Å². The van der Waals surface area contributed by atoms with E-state index in [9.17, 15) is 0 Å². The highest BCUT2D eigenvalue weighted by Gasteiger charge is 2.42. The SMILES string of the molecule is COc1ccnc(Cn2c(SCc3ccc(-c4ccccc4-c4nnnn4C(c4ccccc4)(c4ccccc4)c4ccccc4)cc3)nc3ccccc32)c1OC. The summed E-state index contributed by atoms with van der Waals surface area (Å²) in [6.45, 7) is 0.485. The number of fused-ring (bicyclic) bond motifs is 1. The molecule has 0 bridgehead atoms. The van der Waals surface area contributed by atoms with Crippen molar-refractivity contribution in [3.05, 3.63) is 204 Å². The summed E-state index contributed by atoms with van der Waals surface area (Å²) in [5, 5.41) is 14.8. The number of pyridine rings is 1. The number of imidazole rings is 1. The standard InChI is InChI=1S/C48H39N7O2S/c1-56-44-30-31-49-42(45(44)57-2)32-54-43-25-15-14-24-41(43)50-47(54)58-33-34-26-28-35(29-27-34)39-22-12-13-23-40(39)46-51-52-53-55(46)48(36-16-6-3-7-17-36,37-18-8-4-9-19-37)38-20-10-5-11-21-38/h3-31H,32-33H2,1-2H3. The van der Waals surface area contributed by atoms with Crippen LogP contribution in [0, 0.1) is 0 Å². The molecule has 0 aliphatic heterocycles. The van der Waals surface area contributed by atoms with Gasteiger partial charge in [0.05, 0.1) is 31.8 Å². The number of nitrogens with zero attached hydrogens (tertiary/aromatic N) is 7. The molecule has 9 rings (SSSR count). The largest absolute Gasteiger partial charge is 0.493 e. The van der Waals surface area contributed by atoms with Gasteiger partial charge in [-0.15, -0.1) is 5.10 Å². The minimum atomic E-state index is -0.860. The van der Waals surface area contributed by atoms with Crippen molar-refractivity contribution in [1.29, 1.82) is 0 Å². The minimum Gasteiger partial charge on any atom is -0.493 e. The molecule has 0 aliphatic carbocycles. The number of rotatable bonds is 13. The molecule has 0 saturated carbocycles. The molecule has 0 radical (unpaired) electrons. The molecule has 0 spiro atoms. The van der Waals surface area contributed by atoms with Crippen LogP contribution in [-0.4, -0.2) is 49.0 Å². The minimum absolute atomic E-state index is 0.485. The summed E-state index contributed by atoms with van der Waals surface area (Å²) in [6, 6.07) is 58.5. The van der Waals surface area contributed by atoms with Crippen LogP contribution in [-0.2, 0) is 17.8 Å². The van der Waals surface area contributed by atoms with Crippen molar-refractivity contribution in [2.75, 3.05) is 14.2 Å². The molecule has 0 saturated heterocycles. The van der Waals surface area contributed by atoms with Crippen molar-refractivity contribution in [1.82, 2.24) is 34.7 Å². The molecule has 284 valence electrons. The fourth-order valence-electron chi connectivity index (χ4n) is 7.77. The first kappa shape index (κ1) is 36.6. The van der Waals surface area contributed by atoms with Crippen molar-refractivity contribution in [3.63, 3.8) is 0 Å². The second kappa shape index (κ2) is 16.2. The van der Waals surface area contributed by atoms with Crippen LogP contribution in [0.3, 0.4) is 0 Å². The van der Waals surface area contributed by atoms with E-state index >= 15 is 0 Å². The first-order valence-corrected chi connectivity index (χ1v) is 20.0. The number of methoxy groups -OCH3 is 2. The van der Waals surface area contributed by atoms with Crippen molar-refractivity contribution in [2.45, 2.75) is 23.0 Å². The zero-order chi connectivity index (χ0) is 39.3. The van der Waals surface area contributed by atoms with Gasteiger partial charge < -0.3 is 14.0 Å². The van der Waals surface area contributed by atoms with E-state index in [2.05, 4.69) is 136 Å². The molecule has 10 heteroatoms. The number of aromatic nitrogens is 7. The monoisotopic (exact) mass is 777 g/mol. The molecule has 0 fully saturated rings. The van der Waals surface area contributed by atoms with Crippen LogP contribution >= 0.6 is 11.8 Å². The summed E-state index contributed by atoms with van der Waals surface area (Å²) < 4.78 is 15.5. The van der Waals surface area contributed by atoms with Crippen LogP contribution in [0.5, 0.6) is 11.5 Å². The molecule has 58 heavy (non-hydrogen) atoms. The lowest BCUT2D eigenvalue weighted by molar-refractivity contribution is 0.348. The highest BCUT2D eigenvalue weighted by molar-refractivity contribution is 7.98. The number of hydrogen-bond acceptors (Lipinski definition) is 8. The average Bonchev–Trinajstić information content (AvgIpc) is 3.92. The quantitative estimate of drug-likeness (QED) is 0.0844. The van der Waals surface area contributed by atoms with Crippen molar-refractivity contribution >= 4 is 22.8 Å². The third kappa shape index (κ3) is 6.67. The Morgan fingerprint density at radius 1 is 0.621 bits per heavy atom. The smallest absolute Gasteiger partial charge is 0.184 e. The van der Waals surface area contributed by atoms with Crippen LogP contribution in [0.25, 0.3) is 33.5 Å². The summed E-state index contributed by atoms with van der Waals surface area (Å²) in [7, 11) is 3.28. The second-order valence-corrected chi connectivity index (χ2v) is 14.7. The van der Waals surface area contributed by atoms with E-state index in [1.807, 2.05) is 47.1 Å². The Labute approximate surface area is 341 Å². The number of tetrazole rings is 1. The summed E-state index contributed by atoms with van der Waals surface area (Å²) in [5.41, 5.74) is 9.21. The Bertz CT molecular complexity index is 2690. The van der Waals surface area contributed by atoms with Crippen LogP contribution in [0.15, 0.2) is 181 Å². The average molecular weight is 778 g/mol. The molecule has 3 heterocycles. The lowest BCUT2D eigenvalue weighted by atomic mass is 9.77. The van der Waals surface area contributed by atoms with Gasteiger partial charge in [-0.2, -0.15) is 0 Å². The molecular weight excluding hydrogens is 739 g/mol. The maximum atomic E-state index is 5.72. The van der Waals surface area contributed by atoms with Gasteiger partial charge in [0.2, 0.25) is 0 Å². The Balaban J connectivity index is 1.06. The fourth-order valence-corrected chi connectivity index (χ4v) is 8.74.